The Morgan fingerprint density at radius 3 is 1.92 bits per heavy atom. The molecule has 0 spiro atoms. The fourth-order valence-electron chi connectivity index (χ4n) is 2.88. The van der Waals surface area contributed by atoms with E-state index in [9.17, 15) is 4.79 Å². The summed E-state index contributed by atoms with van der Waals surface area (Å²) in [5.74, 6) is 2.52. The molecule has 0 heterocycles. The summed E-state index contributed by atoms with van der Waals surface area (Å²) < 4.78 is 0. The van der Waals surface area contributed by atoms with Crippen molar-refractivity contribution in [3.8, 4) is 0 Å². The third-order valence-corrected chi connectivity index (χ3v) is 3.70. The Bertz CT molecular complexity index is 212. The quantitative estimate of drug-likeness (QED) is 0.606. The molecule has 1 nitrogen and oxygen atoms in total. The fraction of sp³-hybridized carbons (Fsp3) is 0.917. The number of fused-ring (bicyclic) bond motifs is 1. The highest BCUT2D eigenvalue weighted by Crippen LogP contribution is 2.57. The third-order valence-electron chi connectivity index (χ3n) is 3.70. The van der Waals surface area contributed by atoms with Gasteiger partial charge in [-0.05, 0) is 24.7 Å². The molecule has 0 N–H and O–H groups in total. The molecule has 0 aromatic heterocycles. The number of Topliss-reactive ketones (excluding diaryl/α,β-unsaturated/α-hetero) is 1. The van der Waals surface area contributed by atoms with Crippen LogP contribution in [-0.4, -0.2) is 5.78 Å². The van der Waals surface area contributed by atoms with E-state index in [1.54, 1.807) is 0 Å². The van der Waals surface area contributed by atoms with Crippen LogP contribution in [0.1, 0.15) is 46.5 Å². The van der Waals surface area contributed by atoms with Crippen LogP contribution in [0.25, 0.3) is 0 Å². The Hall–Kier alpha value is -0.330. The normalized spacial score (nSPS) is 38.2. The average Bonchev–Trinajstić information content (AvgIpc) is 2.75. The molecule has 1 heteroatoms. The molecule has 2 rings (SSSR count). The Labute approximate surface area is 80.9 Å². The molecule has 0 bridgehead atoms. The fourth-order valence-corrected chi connectivity index (χ4v) is 2.88. The smallest absolute Gasteiger partial charge is 0.141 e. The molecule has 2 fully saturated rings. The Morgan fingerprint density at radius 1 is 1.08 bits per heavy atom. The molecule has 2 aliphatic rings. The Balaban J connectivity index is 2.01. The maximum absolute atomic E-state index is 12.0. The summed E-state index contributed by atoms with van der Waals surface area (Å²) in [5, 5.41) is 0. The molecule has 2 aliphatic carbocycles. The van der Waals surface area contributed by atoms with Crippen molar-refractivity contribution in [2.24, 2.45) is 23.2 Å². The summed E-state index contributed by atoms with van der Waals surface area (Å²) >= 11 is 0. The van der Waals surface area contributed by atoms with Gasteiger partial charge in [0.15, 0.2) is 0 Å². The van der Waals surface area contributed by atoms with Crippen molar-refractivity contribution < 1.29 is 4.79 Å². The molecule has 0 amide bonds. The number of carbonyl (C=O) groups is 1. The molecule has 0 saturated heterocycles. The van der Waals surface area contributed by atoms with Crippen molar-refractivity contribution in [2.45, 2.75) is 46.5 Å². The summed E-state index contributed by atoms with van der Waals surface area (Å²) in [6, 6.07) is 0. The van der Waals surface area contributed by atoms with Crippen LogP contribution in [0.2, 0.25) is 0 Å². The Morgan fingerprint density at radius 2 is 1.54 bits per heavy atom. The molecular formula is C12H20O. The minimum absolute atomic E-state index is 0.109. The minimum atomic E-state index is -0.109. The lowest BCUT2D eigenvalue weighted by molar-refractivity contribution is -0.128. The highest BCUT2D eigenvalue weighted by molar-refractivity contribution is 5.88. The van der Waals surface area contributed by atoms with Crippen molar-refractivity contribution in [1.82, 2.24) is 0 Å². The zero-order valence-corrected chi connectivity index (χ0v) is 8.97. The van der Waals surface area contributed by atoms with Crippen LogP contribution in [0.3, 0.4) is 0 Å². The van der Waals surface area contributed by atoms with Crippen LogP contribution in [0.15, 0.2) is 0 Å². The van der Waals surface area contributed by atoms with E-state index < -0.39 is 0 Å². The minimum Gasteiger partial charge on any atom is -0.299 e. The van der Waals surface area contributed by atoms with E-state index in [1.165, 1.54) is 25.7 Å². The van der Waals surface area contributed by atoms with Gasteiger partial charge in [-0.25, -0.2) is 0 Å². The molecule has 0 radical (unpaired) electrons. The Kier molecular flexibility index (Phi) is 2.01. The summed E-state index contributed by atoms with van der Waals surface area (Å²) in [6.07, 6.45) is 5.35. The van der Waals surface area contributed by atoms with Crippen LogP contribution in [-0.2, 0) is 4.79 Å². The second-order valence-corrected chi connectivity index (χ2v) is 5.75. The van der Waals surface area contributed by atoms with Crippen LogP contribution in [0, 0.1) is 23.2 Å². The molecule has 74 valence electrons. The van der Waals surface area contributed by atoms with Crippen LogP contribution < -0.4 is 0 Å². The predicted molar refractivity (Wildman–Crippen MR) is 53.4 cm³/mol. The van der Waals surface area contributed by atoms with Gasteiger partial charge in [0.1, 0.15) is 5.78 Å². The first-order valence-corrected chi connectivity index (χ1v) is 5.56. The first-order valence-electron chi connectivity index (χ1n) is 5.56. The zero-order valence-electron chi connectivity index (χ0n) is 8.97. The van der Waals surface area contributed by atoms with Gasteiger partial charge in [0, 0.05) is 11.3 Å². The number of hydrogen-bond donors (Lipinski definition) is 0. The van der Waals surface area contributed by atoms with E-state index >= 15 is 0 Å². The van der Waals surface area contributed by atoms with Crippen molar-refractivity contribution in [1.29, 1.82) is 0 Å². The predicted octanol–water partition coefficient (Wildman–Crippen LogP) is 3.04. The zero-order chi connectivity index (χ0) is 9.64. The van der Waals surface area contributed by atoms with E-state index in [4.69, 9.17) is 0 Å². The lowest BCUT2D eigenvalue weighted by atomic mass is 9.87. The lowest BCUT2D eigenvalue weighted by Crippen LogP contribution is -2.23. The molecule has 2 unspecified atom stereocenters. The van der Waals surface area contributed by atoms with Gasteiger partial charge in [-0.2, -0.15) is 0 Å². The molecule has 0 aromatic rings. The molecule has 2 saturated carbocycles. The van der Waals surface area contributed by atoms with Gasteiger partial charge in [-0.3, -0.25) is 4.79 Å². The van der Waals surface area contributed by atoms with Gasteiger partial charge < -0.3 is 0 Å². The van der Waals surface area contributed by atoms with Crippen molar-refractivity contribution in [2.75, 3.05) is 0 Å². The summed E-state index contributed by atoms with van der Waals surface area (Å²) in [5.41, 5.74) is -0.109. The summed E-state index contributed by atoms with van der Waals surface area (Å²) in [4.78, 5) is 12.0. The summed E-state index contributed by atoms with van der Waals surface area (Å²) in [7, 11) is 0. The molecular weight excluding hydrogens is 160 g/mol. The molecule has 0 aliphatic heterocycles. The van der Waals surface area contributed by atoms with Crippen LogP contribution >= 0.6 is 0 Å². The molecule has 2 atom stereocenters. The van der Waals surface area contributed by atoms with Gasteiger partial charge in [-0.15, -0.1) is 0 Å². The van der Waals surface area contributed by atoms with E-state index in [2.05, 4.69) is 20.8 Å². The second-order valence-electron chi connectivity index (χ2n) is 5.75. The van der Waals surface area contributed by atoms with Crippen molar-refractivity contribution in [3.63, 3.8) is 0 Å². The van der Waals surface area contributed by atoms with E-state index in [0.717, 1.165) is 11.8 Å². The van der Waals surface area contributed by atoms with E-state index in [1.807, 2.05) is 0 Å². The highest BCUT2D eigenvalue weighted by atomic mass is 16.1. The molecule has 13 heavy (non-hydrogen) atoms. The lowest BCUT2D eigenvalue weighted by Gasteiger charge is -2.16. The van der Waals surface area contributed by atoms with Gasteiger partial charge >= 0.3 is 0 Å². The highest BCUT2D eigenvalue weighted by Gasteiger charge is 2.56. The largest absolute Gasteiger partial charge is 0.299 e. The average molecular weight is 180 g/mol. The number of rotatable bonds is 1. The van der Waals surface area contributed by atoms with Gasteiger partial charge in [-0.1, -0.05) is 33.6 Å². The van der Waals surface area contributed by atoms with Crippen molar-refractivity contribution in [3.05, 3.63) is 0 Å². The van der Waals surface area contributed by atoms with E-state index in [-0.39, 0.29) is 5.41 Å². The van der Waals surface area contributed by atoms with Gasteiger partial charge in [0.05, 0.1) is 0 Å². The van der Waals surface area contributed by atoms with Gasteiger partial charge in [0.25, 0.3) is 0 Å². The van der Waals surface area contributed by atoms with Crippen molar-refractivity contribution >= 4 is 5.78 Å². The maximum atomic E-state index is 12.0. The number of hydrogen-bond acceptors (Lipinski definition) is 1. The first-order chi connectivity index (χ1) is 6.02. The number of carbonyl (C=O) groups excluding carboxylic acids is 1. The van der Waals surface area contributed by atoms with Crippen LogP contribution in [0.5, 0.6) is 0 Å². The summed E-state index contributed by atoms with van der Waals surface area (Å²) in [6.45, 7) is 6.17. The SMILES string of the molecule is CC(C)(C)C(=O)C1C2CCCCC21. The topological polar surface area (TPSA) is 17.1 Å². The van der Waals surface area contributed by atoms with Crippen LogP contribution in [0.4, 0.5) is 0 Å². The standard InChI is InChI=1S/C12H20O/c1-12(2,3)11(13)10-8-6-4-5-7-9(8)10/h8-10H,4-7H2,1-3H3. The number of ketones is 1. The molecule has 0 aromatic carbocycles. The van der Waals surface area contributed by atoms with Gasteiger partial charge in [0.2, 0.25) is 0 Å². The van der Waals surface area contributed by atoms with E-state index in [0.29, 0.717) is 11.7 Å². The third kappa shape index (κ3) is 1.53. The second kappa shape index (κ2) is 2.83. The maximum Gasteiger partial charge on any atom is 0.141 e. The monoisotopic (exact) mass is 180 g/mol. The first kappa shape index (κ1) is 9.23.